The minimum Gasteiger partial charge on any atom is -0.337 e. The average molecular weight is 303 g/mol. The van der Waals surface area contributed by atoms with Crippen LogP contribution in [0.15, 0.2) is 16.6 Å². The highest BCUT2D eigenvalue weighted by Gasteiger charge is 2.22. The number of nitrogens with zero attached hydrogens (tertiary/aromatic N) is 1. The molecule has 2 nitrogen and oxygen atoms in total. The molecule has 0 fully saturated rings. The van der Waals surface area contributed by atoms with Crippen molar-refractivity contribution >= 4 is 33.4 Å². The summed E-state index contributed by atoms with van der Waals surface area (Å²) in [6, 6.07) is 4.26. The van der Waals surface area contributed by atoms with Gasteiger partial charge in [-0.15, -0.1) is 11.6 Å². The second-order valence-corrected chi connectivity index (χ2v) is 5.09. The molecule has 0 unspecified atom stereocenters. The SMILES string of the molecule is Cc1ccc2c(c1Br)CN(C(=O)CCl)CC2. The summed E-state index contributed by atoms with van der Waals surface area (Å²) in [5.41, 5.74) is 3.76. The molecule has 0 bridgehead atoms. The van der Waals surface area contributed by atoms with Gasteiger partial charge < -0.3 is 4.90 Å². The third-order valence-electron chi connectivity index (χ3n) is 3.00. The van der Waals surface area contributed by atoms with E-state index in [1.165, 1.54) is 16.7 Å². The molecule has 0 saturated carbocycles. The molecule has 0 aliphatic carbocycles. The van der Waals surface area contributed by atoms with Crippen LogP contribution in [0, 0.1) is 6.92 Å². The molecule has 0 aromatic heterocycles. The Morgan fingerprint density at radius 1 is 1.56 bits per heavy atom. The molecule has 2 rings (SSSR count). The molecule has 1 aliphatic heterocycles. The van der Waals surface area contributed by atoms with E-state index in [2.05, 4.69) is 35.0 Å². The fourth-order valence-electron chi connectivity index (χ4n) is 2.01. The number of carbonyl (C=O) groups is 1. The van der Waals surface area contributed by atoms with E-state index in [0.717, 1.165) is 17.4 Å². The van der Waals surface area contributed by atoms with Gasteiger partial charge in [-0.25, -0.2) is 0 Å². The van der Waals surface area contributed by atoms with Gasteiger partial charge >= 0.3 is 0 Å². The van der Waals surface area contributed by atoms with Crippen molar-refractivity contribution in [1.29, 1.82) is 0 Å². The van der Waals surface area contributed by atoms with Crippen molar-refractivity contribution in [3.05, 3.63) is 33.3 Å². The number of carbonyl (C=O) groups excluding carboxylic acids is 1. The molecule has 16 heavy (non-hydrogen) atoms. The van der Waals surface area contributed by atoms with Gasteiger partial charge in [0.2, 0.25) is 5.91 Å². The number of hydrogen-bond donors (Lipinski definition) is 0. The Morgan fingerprint density at radius 2 is 2.31 bits per heavy atom. The second-order valence-electron chi connectivity index (χ2n) is 4.03. The van der Waals surface area contributed by atoms with Crippen LogP contribution in [0.1, 0.15) is 16.7 Å². The van der Waals surface area contributed by atoms with Crippen LogP contribution in [0.2, 0.25) is 0 Å². The number of benzene rings is 1. The number of alkyl halides is 1. The van der Waals surface area contributed by atoms with Crippen molar-refractivity contribution in [1.82, 2.24) is 4.90 Å². The van der Waals surface area contributed by atoms with Gasteiger partial charge in [-0.2, -0.15) is 0 Å². The topological polar surface area (TPSA) is 20.3 Å². The summed E-state index contributed by atoms with van der Waals surface area (Å²) < 4.78 is 1.12. The van der Waals surface area contributed by atoms with E-state index in [9.17, 15) is 4.79 Å². The zero-order chi connectivity index (χ0) is 11.7. The Kier molecular flexibility index (Phi) is 3.55. The average Bonchev–Trinajstić information content (AvgIpc) is 2.32. The Balaban J connectivity index is 2.32. The van der Waals surface area contributed by atoms with Crippen LogP contribution in [0.4, 0.5) is 0 Å². The van der Waals surface area contributed by atoms with E-state index in [1.54, 1.807) is 0 Å². The monoisotopic (exact) mass is 301 g/mol. The lowest BCUT2D eigenvalue weighted by Gasteiger charge is -2.29. The maximum Gasteiger partial charge on any atom is 0.237 e. The first-order chi connectivity index (χ1) is 7.63. The molecule has 0 N–H and O–H groups in total. The molecule has 1 aromatic rings. The molecule has 0 atom stereocenters. The van der Waals surface area contributed by atoms with Gasteiger partial charge in [0, 0.05) is 17.6 Å². The molecular formula is C12H13BrClNO. The van der Waals surface area contributed by atoms with Gasteiger partial charge in [0.1, 0.15) is 5.88 Å². The molecular weight excluding hydrogens is 289 g/mol. The number of hydrogen-bond acceptors (Lipinski definition) is 1. The van der Waals surface area contributed by atoms with Crippen molar-refractivity contribution in [3.8, 4) is 0 Å². The Hall–Kier alpha value is -0.540. The second kappa shape index (κ2) is 4.76. The van der Waals surface area contributed by atoms with Crippen molar-refractivity contribution in [2.75, 3.05) is 12.4 Å². The molecule has 1 amide bonds. The number of fused-ring (bicyclic) bond motifs is 1. The van der Waals surface area contributed by atoms with E-state index in [4.69, 9.17) is 11.6 Å². The Bertz CT molecular complexity index is 433. The van der Waals surface area contributed by atoms with Gasteiger partial charge in [-0.3, -0.25) is 4.79 Å². The number of amides is 1. The van der Waals surface area contributed by atoms with Gasteiger partial charge in [0.25, 0.3) is 0 Å². The van der Waals surface area contributed by atoms with Gasteiger partial charge in [-0.1, -0.05) is 28.1 Å². The third-order valence-corrected chi connectivity index (χ3v) is 4.33. The largest absolute Gasteiger partial charge is 0.337 e. The molecule has 1 aromatic carbocycles. The summed E-state index contributed by atoms with van der Waals surface area (Å²) >= 11 is 9.17. The smallest absolute Gasteiger partial charge is 0.237 e. The van der Waals surface area contributed by atoms with Gasteiger partial charge in [-0.05, 0) is 30.0 Å². The van der Waals surface area contributed by atoms with Crippen molar-refractivity contribution < 1.29 is 4.79 Å². The van der Waals surface area contributed by atoms with E-state index >= 15 is 0 Å². The lowest BCUT2D eigenvalue weighted by atomic mass is 9.98. The quantitative estimate of drug-likeness (QED) is 0.731. The van der Waals surface area contributed by atoms with E-state index < -0.39 is 0 Å². The first-order valence-electron chi connectivity index (χ1n) is 5.24. The lowest BCUT2D eigenvalue weighted by molar-refractivity contribution is -0.129. The van der Waals surface area contributed by atoms with E-state index in [1.807, 2.05) is 4.90 Å². The minimum absolute atomic E-state index is 0.0146. The molecule has 0 saturated heterocycles. The number of halogens is 2. The summed E-state index contributed by atoms with van der Waals surface area (Å²) in [5, 5.41) is 0. The Morgan fingerprint density at radius 3 is 3.00 bits per heavy atom. The zero-order valence-corrected chi connectivity index (χ0v) is 11.4. The van der Waals surface area contributed by atoms with Crippen molar-refractivity contribution in [2.45, 2.75) is 19.9 Å². The maximum absolute atomic E-state index is 11.6. The molecule has 4 heteroatoms. The minimum atomic E-state index is 0.0146. The van der Waals surface area contributed by atoms with E-state index in [-0.39, 0.29) is 11.8 Å². The first kappa shape index (κ1) is 11.9. The highest BCUT2D eigenvalue weighted by atomic mass is 79.9. The number of aryl methyl sites for hydroxylation is 1. The first-order valence-corrected chi connectivity index (χ1v) is 6.57. The standard InChI is InChI=1S/C12H13BrClNO/c1-8-2-3-9-4-5-15(11(16)6-14)7-10(9)12(8)13/h2-3H,4-7H2,1H3. The molecule has 0 radical (unpaired) electrons. The van der Waals surface area contributed by atoms with Gasteiger partial charge in [0.05, 0.1) is 0 Å². The van der Waals surface area contributed by atoms with Crippen LogP contribution in [0.5, 0.6) is 0 Å². The highest BCUT2D eigenvalue weighted by molar-refractivity contribution is 9.10. The zero-order valence-electron chi connectivity index (χ0n) is 9.09. The van der Waals surface area contributed by atoms with Crippen LogP contribution in [-0.4, -0.2) is 23.2 Å². The maximum atomic E-state index is 11.6. The molecule has 1 aliphatic rings. The van der Waals surface area contributed by atoms with Crippen LogP contribution in [0.25, 0.3) is 0 Å². The van der Waals surface area contributed by atoms with Crippen LogP contribution in [0.3, 0.4) is 0 Å². The predicted octanol–water partition coefficient (Wildman–Crippen LogP) is 2.88. The molecule has 86 valence electrons. The fourth-order valence-corrected chi connectivity index (χ4v) is 2.69. The molecule has 0 spiro atoms. The number of rotatable bonds is 1. The lowest BCUT2D eigenvalue weighted by Crippen LogP contribution is -2.36. The van der Waals surface area contributed by atoms with Crippen LogP contribution < -0.4 is 0 Å². The van der Waals surface area contributed by atoms with Crippen LogP contribution >= 0.6 is 27.5 Å². The fraction of sp³-hybridized carbons (Fsp3) is 0.417. The van der Waals surface area contributed by atoms with Crippen LogP contribution in [-0.2, 0) is 17.8 Å². The summed E-state index contributed by atoms with van der Waals surface area (Å²) in [4.78, 5) is 13.4. The van der Waals surface area contributed by atoms with Crippen molar-refractivity contribution in [2.24, 2.45) is 0 Å². The summed E-state index contributed by atoms with van der Waals surface area (Å²) in [5.74, 6) is 0.0828. The third kappa shape index (κ3) is 2.11. The normalized spacial score (nSPS) is 14.8. The highest BCUT2D eigenvalue weighted by Crippen LogP contribution is 2.29. The predicted molar refractivity (Wildman–Crippen MR) is 68.7 cm³/mol. The van der Waals surface area contributed by atoms with Crippen molar-refractivity contribution in [3.63, 3.8) is 0 Å². The summed E-state index contributed by atoms with van der Waals surface area (Å²) in [7, 11) is 0. The molecule has 1 heterocycles. The summed E-state index contributed by atoms with van der Waals surface area (Å²) in [6.45, 7) is 3.50. The Labute approximate surface area is 109 Å². The summed E-state index contributed by atoms with van der Waals surface area (Å²) in [6.07, 6.45) is 0.914. The van der Waals surface area contributed by atoms with E-state index in [0.29, 0.717) is 6.54 Å². The van der Waals surface area contributed by atoms with Gasteiger partial charge in [0.15, 0.2) is 0 Å².